The smallest absolute Gasteiger partial charge is 1.00 e. The first kappa shape index (κ1) is 40.5. The maximum atomic E-state index is 11.9. The molecule has 0 atom stereocenters. The van der Waals surface area contributed by atoms with Gasteiger partial charge in [-0.2, -0.15) is 0 Å². The van der Waals surface area contributed by atoms with Crippen LogP contribution in [0.4, 0.5) is 0 Å². The minimum absolute atomic E-state index is 0. The zero-order valence-electron chi connectivity index (χ0n) is 28.1. The van der Waals surface area contributed by atoms with E-state index in [1.165, 1.54) is 154 Å². The number of ether oxygens (including phenoxy) is 1. The molecule has 0 radical (unpaired) electrons. The van der Waals surface area contributed by atoms with Gasteiger partial charge in [0.05, 0.1) is 0 Å². The second-order valence-electron chi connectivity index (χ2n) is 11.5. The Bertz CT molecular complexity index is 492. The number of esters is 2. The molecule has 0 unspecified atom stereocenters. The van der Waals surface area contributed by atoms with E-state index < -0.39 is 0 Å². The quantitative estimate of drug-likeness (QED) is 0.0377. The third-order valence-electron chi connectivity index (χ3n) is 7.70. The van der Waals surface area contributed by atoms with Gasteiger partial charge < -0.3 is 7.59 Å². The van der Waals surface area contributed by atoms with Crippen LogP contribution in [0.3, 0.4) is 0 Å². The average Bonchev–Trinajstić information content (AvgIpc) is 2.89. The van der Waals surface area contributed by atoms with Gasteiger partial charge in [-0.25, -0.2) is 0 Å². The number of hydrogen-bond donors (Lipinski definition) is 0. The molecular formula is C34H68CaO3. The predicted molar refractivity (Wildman–Crippen MR) is 169 cm³/mol. The first-order valence-electron chi connectivity index (χ1n) is 16.9. The van der Waals surface area contributed by atoms with Crippen LogP contribution in [0, 0.1) is 0 Å². The maximum Gasteiger partial charge on any atom is 2.00 e. The molecule has 0 aliphatic carbocycles. The van der Waals surface area contributed by atoms with Crippen molar-refractivity contribution in [3.63, 3.8) is 0 Å². The zero-order valence-corrected chi connectivity index (χ0v) is 28.4. The molecule has 0 aromatic rings. The van der Waals surface area contributed by atoms with Gasteiger partial charge in [-0.15, -0.1) is 0 Å². The van der Waals surface area contributed by atoms with E-state index in [4.69, 9.17) is 4.74 Å². The van der Waals surface area contributed by atoms with E-state index in [9.17, 15) is 9.59 Å². The molecule has 3 nitrogen and oxygen atoms in total. The van der Waals surface area contributed by atoms with Crippen molar-refractivity contribution in [1.82, 2.24) is 0 Å². The van der Waals surface area contributed by atoms with Crippen LogP contribution in [-0.4, -0.2) is 49.7 Å². The first-order chi connectivity index (χ1) is 18.2. The summed E-state index contributed by atoms with van der Waals surface area (Å²) in [5.74, 6) is -0.650. The van der Waals surface area contributed by atoms with E-state index in [0.29, 0.717) is 12.8 Å². The Balaban J connectivity index is -0.00000216. The van der Waals surface area contributed by atoms with Crippen LogP contribution < -0.4 is 0 Å². The minimum atomic E-state index is -0.325. The summed E-state index contributed by atoms with van der Waals surface area (Å²) in [6.07, 6.45) is 37.2. The predicted octanol–water partition coefficient (Wildman–Crippen LogP) is 11.6. The van der Waals surface area contributed by atoms with Crippen LogP contribution in [0.1, 0.15) is 209 Å². The standard InChI is InChI=1S/C34H66O3.Ca.2H/c1-3-5-7-9-11-13-15-17-18-20-22-24-26-28-30-32-34(36)37-33(35)31-29-27-25-23-21-19-16-14-12-10-8-6-4-2;;;/h3-32H2,1-2H3;;;/q;+2;2*-1. The Morgan fingerprint density at radius 3 is 0.763 bits per heavy atom. The molecular weight excluding hydrogens is 496 g/mol. The molecule has 0 bridgehead atoms. The van der Waals surface area contributed by atoms with Crippen molar-refractivity contribution in [2.75, 3.05) is 0 Å². The summed E-state index contributed by atoms with van der Waals surface area (Å²) in [4.78, 5) is 23.8. The molecule has 0 saturated heterocycles. The van der Waals surface area contributed by atoms with E-state index in [2.05, 4.69) is 13.8 Å². The van der Waals surface area contributed by atoms with Crippen LogP contribution in [0.2, 0.25) is 0 Å². The van der Waals surface area contributed by atoms with Crippen molar-refractivity contribution in [3.05, 3.63) is 0 Å². The Labute approximate surface area is 271 Å². The normalized spacial score (nSPS) is 10.9. The van der Waals surface area contributed by atoms with Crippen LogP contribution in [0.5, 0.6) is 0 Å². The SMILES string of the molecule is CCCCCCCCCCCCCCCCCC(=O)OC(=O)CCCCCCCCCCCCCCC.[Ca+2].[H-].[H-]. The number of hydrogen-bond acceptors (Lipinski definition) is 3. The summed E-state index contributed by atoms with van der Waals surface area (Å²) in [7, 11) is 0. The summed E-state index contributed by atoms with van der Waals surface area (Å²) < 4.78 is 5.00. The van der Waals surface area contributed by atoms with E-state index in [1.807, 2.05) is 0 Å². The van der Waals surface area contributed by atoms with Gasteiger partial charge in [0, 0.05) is 12.8 Å². The minimum Gasteiger partial charge on any atom is -1.00 e. The first-order valence-corrected chi connectivity index (χ1v) is 16.9. The molecule has 0 aromatic carbocycles. The molecule has 0 aliphatic rings. The Morgan fingerprint density at radius 1 is 0.368 bits per heavy atom. The van der Waals surface area contributed by atoms with Crippen LogP contribution in [0.25, 0.3) is 0 Å². The van der Waals surface area contributed by atoms with Gasteiger partial charge in [-0.05, 0) is 12.8 Å². The Hall–Kier alpha value is 0.400. The molecule has 224 valence electrons. The fraction of sp³-hybridized carbons (Fsp3) is 0.941. The Morgan fingerprint density at radius 2 is 0.553 bits per heavy atom. The fourth-order valence-corrected chi connectivity index (χ4v) is 5.16. The van der Waals surface area contributed by atoms with Crippen molar-refractivity contribution in [2.45, 2.75) is 206 Å². The van der Waals surface area contributed by atoms with Crippen molar-refractivity contribution < 1.29 is 17.2 Å². The molecule has 0 aliphatic heterocycles. The summed E-state index contributed by atoms with van der Waals surface area (Å²) in [5.41, 5.74) is 0. The van der Waals surface area contributed by atoms with Gasteiger partial charge in [0.1, 0.15) is 0 Å². The molecule has 0 saturated carbocycles. The molecule has 4 heteroatoms. The van der Waals surface area contributed by atoms with Gasteiger partial charge >= 0.3 is 49.7 Å². The number of carbonyl (C=O) groups excluding carboxylic acids is 2. The number of rotatable bonds is 30. The largest absolute Gasteiger partial charge is 2.00 e. The van der Waals surface area contributed by atoms with Crippen molar-refractivity contribution in [3.8, 4) is 0 Å². The molecule has 0 spiro atoms. The summed E-state index contributed by atoms with van der Waals surface area (Å²) in [5, 5.41) is 0. The Kier molecular flexibility index (Phi) is 37.8. The average molecular weight is 565 g/mol. The van der Waals surface area contributed by atoms with Gasteiger partial charge in [0.25, 0.3) is 0 Å². The van der Waals surface area contributed by atoms with E-state index in [0.717, 1.165) is 25.7 Å². The summed E-state index contributed by atoms with van der Waals surface area (Å²) in [6.45, 7) is 4.55. The summed E-state index contributed by atoms with van der Waals surface area (Å²) in [6, 6.07) is 0. The van der Waals surface area contributed by atoms with E-state index >= 15 is 0 Å². The third kappa shape index (κ3) is 34.4. The molecule has 0 N–H and O–H groups in total. The van der Waals surface area contributed by atoms with Gasteiger partial charge in [0.15, 0.2) is 0 Å². The number of carbonyl (C=O) groups is 2. The van der Waals surface area contributed by atoms with Crippen LogP contribution >= 0.6 is 0 Å². The summed E-state index contributed by atoms with van der Waals surface area (Å²) >= 11 is 0. The molecule has 38 heavy (non-hydrogen) atoms. The monoisotopic (exact) mass is 564 g/mol. The third-order valence-corrected chi connectivity index (χ3v) is 7.70. The second kappa shape index (κ2) is 35.4. The molecule has 0 amide bonds. The van der Waals surface area contributed by atoms with Crippen molar-refractivity contribution >= 4 is 49.7 Å². The van der Waals surface area contributed by atoms with Crippen molar-refractivity contribution in [2.24, 2.45) is 0 Å². The molecule has 0 fully saturated rings. The van der Waals surface area contributed by atoms with Crippen LogP contribution in [0.15, 0.2) is 0 Å². The molecule has 0 heterocycles. The van der Waals surface area contributed by atoms with Gasteiger partial charge in [-0.3, -0.25) is 9.59 Å². The van der Waals surface area contributed by atoms with E-state index in [-0.39, 0.29) is 52.5 Å². The van der Waals surface area contributed by atoms with Crippen molar-refractivity contribution in [1.29, 1.82) is 0 Å². The topological polar surface area (TPSA) is 43.4 Å². The zero-order chi connectivity index (χ0) is 27.1. The second-order valence-corrected chi connectivity index (χ2v) is 11.5. The van der Waals surface area contributed by atoms with Gasteiger partial charge in [0.2, 0.25) is 0 Å². The fourth-order valence-electron chi connectivity index (χ4n) is 5.16. The number of unbranched alkanes of at least 4 members (excludes halogenated alkanes) is 26. The maximum absolute atomic E-state index is 11.9. The van der Waals surface area contributed by atoms with Crippen LogP contribution in [-0.2, 0) is 14.3 Å². The van der Waals surface area contributed by atoms with Gasteiger partial charge in [-0.1, -0.05) is 181 Å². The van der Waals surface area contributed by atoms with E-state index in [1.54, 1.807) is 0 Å². The molecule has 0 rings (SSSR count). The molecule has 0 aromatic heterocycles.